The van der Waals surface area contributed by atoms with Crippen molar-refractivity contribution in [2.75, 3.05) is 0 Å². The van der Waals surface area contributed by atoms with Gasteiger partial charge in [0.15, 0.2) is 5.82 Å². The van der Waals surface area contributed by atoms with Crippen LogP contribution >= 0.6 is 0 Å². The fourth-order valence-corrected chi connectivity index (χ4v) is 4.97. The SMILES string of the molecule is Cc1ccc(-c2nnc(C(C)[C@H]3CC[C@@H](c4ccnc5ccc(F)cc54)CC3)[nH]2)cc1. The van der Waals surface area contributed by atoms with E-state index in [1.807, 2.05) is 6.20 Å². The zero-order chi connectivity index (χ0) is 21.4. The number of H-pyrrole nitrogens is 1. The highest BCUT2D eigenvalue weighted by atomic mass is 19.1. The Hall–Kier alpha value is -3.08. The maximum atomic E-state index is 13.8. The van der Waals surface area contributed by atoms with Crippen LogP contribution in [0.4, 0.5) is 4.39 Å². The molecule has 1 aliphatic carbocycles. The van der Waals surface area contributed by atoms with Gasteiger partial charge in [0.1, 0.15) is 11.6 Å². The number of benzene rings is 2. The Balaban J connectivity index is 1.29. The van der Waals surface area contributed by atoms with E-state index in [1.54, 1.807) is 12.1 Å². The molecule has 0 amide bonds. The Kier molecular flexibility index (Phi) is 5.26. The van der Waals surface area contributed by atoms with Crippen molar-refractivity contribution < 1.29 is 4.39 Å². The molecular formula is C26H27FN4. The third kappa shape index (κ3) is 3.97. The quantitative estimate of drug-likeness (QED) is 0.412. The molecular weight excluding hydrogens is 387 g/mol. The Labute approximate surface area is 182 Å². The molecule has 0 radical (unpaired) electrons. The molecule has 0 spiro atoms. The average Bonchev–Trinajstić information content (AvgIpc) is 3.29. The van der Waals surface area contributed by atoms with Crippen LogP contribution in [0.5, 0.6) is 0 Å². The van der Waals surface area contributed by atoms with Crippen LogP contribution in [0.25, 0.3) is 22.3 Å². The molecule has 5 heteroatoms. The highest BCUT2D eigenvalue weighted by Crippen LogP contribution is 2.42. The standard InChI is InChI=1S/C26H27FN4/c1-16-3-5-20(6-4-16)26-29-25(30-31-26)17(2)18-7-9-19(10-8-18)22-13-14-28-24-12-11-21(27)15-23(22)24/h3-6,11-15,17-19H,7-10H2,1-2H3,(H,29,30,31)/t17?,18-,19+. The minimum atomic E-state index is -0.196. The van der Waals surface area contributed by atoms with Crippen LogP contribution in [0.15, 0.2) is 54.7 Å². The second-order valence-electron chi connectivity index (χ2n) is 8.89. The molecule has 1 saturated carbocycles. The number of pyridine rings is 1. The van der Waals surface area contributed by atoms with Crippen molar-refractivity contribution in [1.82, 2.24) is 20.2 Å². The van der Waals surface area contributed by atoms with Gasteiger partial charge in [-0.2, -0.15) is 0 Å². The number of fused-ring (bicyclic) bond motifs is 1. The number of nitrogens with one attached hydrogen (secondary N) is 1. The average molecular weight is 415 g/mol. The van der Waals surface area contributed by atoms with E-state index in [-0.39, 0.29) is 5.82 Å². The first-order chi connectivity index (χ1) is 15.1. The van der Waals surface area contributed by atoms with Gasteiger partial charge in [-0.3, -0.25) is 4.98 Å². The molecule has 5 rings (SSSR count). The maximum absolute atomic E-state index is 13.8. The van der Waals surface area contributed by atoms with Crippen molar-refractivity contribution in [1.29, 1.82) is 0 Å². The van der Waals surface area contributed by atoms with E-state index in [0.29, 0.717) is 17.8 Å². The van der Waals surface area contributed by atoms with E-state index in [9.17, 15) is 4.39 Å². The second kappa shape index (κ2) is 8.22. The van der Waals surface area contributed by atoms with E-state index in [2.05, 4.69) is 64.3 Å². The van der Waals surface area contributed by atoms with Gasteiger partial charge in [0.2, 0.25) is 0 Å². The maximum Gasteiger partial charge on any atom is 0.161 e. The molecule has 0 saturated heterocycles. The number of halogens is 1. The normalized spacial score (nSPS) is 20.1. The summed E-state index contributed by atoms with van der Waals surface area (Å²) in [5.41, 5.74) is 4.41. The van der Waals surface area contributed by atoms with Gasteiger partial charge in [0.25, 0.3) is 0 Å². The minimum Gasteiger partial charge on any atom is -0.325 e. The smallest absolute Gasteiger partial charge is 0.161 e. The van der Waals surface area contributed by atoms with E-state index >= 15 is 0 Å². The van der Waals surface area contributed by atoms with Crippen LogP contribution in [-0.4, -0.2) is 20.2 Å². The van der Waals surface area contributed by atoms with Gasteiger partial charge in [-0.05, 0) is 74.3 Å². The molecule has 1 N–H and O–H groups in total. The third-order valence-corrected chi connectivity index (χ3v) is 6.92. The lowest BCUT2D eigenvalue weighted by atomic mass is 9.73. The van der Waals surface area contributed by atoms with Crippen LogP contribution in [0, 0.1) is 18.7 Å². The van der Waals surface area contributed by atoms with E-state index < -0.39 is 0 Å². The summed E-state index contributed by atoms with van der Waals surface area (Å²) < 4.78 is 13.8. The van der Waals surface area contributed by atoms with Crippen LogP contribution in [0.2, 0.25) is 0 Å². The highest BCUT2D eigenvalue weighted by Gasteiger charge is 2.29. The Morgan fingerprint density at radius 3 is 2.52 bits per heavy atom. The molecule has 1 aliphatic rings. The fourth-order valence-electron chi connectivity index (χ4n) is 4.97. The third-order valence-electron chi connectivity index (χ3n) is 6.92. The summed E-state index contributed by atoms with van der Waals surface area (Å²) in [4.78, 5) is 7.85. The molecule has 158 valence electrons. The molecule has 2 aromatic heterocycles. The summed E-state index contributed by atoms with van der Waals surface area (Å²) in [6, 6.07) is 15.3. The molecule has 4 aromatic rings. The number of aromatic amines is 1. The number of aryl methyl sites for hydroxylation is 1. The van der Waals surface area contributed by atoms with Gasteiger partial charge >= 0.3 is 0 Å². The Morgan fingerprint density at radius 1 is 0.968 bits per heavy atom. The first-order valence-corrected chi connectivity index (χ1v) is 11.1. The van der Waals surface area contributed by atoms with Crippen LogP contribution < -0.4 is 0 Å². The molecule has 0 bridgehead atoms. The van der Waals surface area contributed by atoms with Gasteiger partial charge in [-0.1, -0.05) is 36.8 Å². The zero-order valence-corrected chi connectivity index (χ0v) is 18.0. The molecule has 0 aliphatic heterocycles. The summed E-state index contributed by atoms with van der Waals surface area (Å²) in [7, 11) is 0. The Morgan fingerprint density at radius 2 is 1.74 bits per heavy atom. The van der Waals surface area contributed by atoms with Gasteiger partial charge < -0.3 is 4.98 Å². The highest BCUT2D eigenvalue weighted by molar-refractivity contribution is 5.82. The zero-order valence-electron chi connectivity index (χ0n) is 18.0. The van der Waals surface area contributed by atoms with Crippen molar-refractivity contribution in [2.45, 2.75) is 51.4 Å². The van der Waals surface area contributed by atoms with E-state index in [0.717, 1.165) is 53.8 Å². The predicted octanol–water partition coefficient (Wildman–Crippen LogP) is 6.54. The molecule has 4 nitrogen and oxygen atoms in total. The summed E-state index contributed by atoms with van der Waals surface area (Å²) in [5.74, 6) is 2.96. The van der Waals surface area contributed by atoms with Gasteiger partial charge in [-0.25, -0.2) is 4.39 Å². The second-order valence-corrected chi connectivity index (χ2v) is 8.89. The van der Waals surface area contributed by atoms with Crippen LogP contribution in [0.1, 0.15) is 61.4 Å². The van der Waals surface area contributed by atoms with Crippen molar-refractivity contribution in [3.8, 4) is 11.4 Å². The molecule has 1 fully saturated rings. The van der Waals surface area contributed by atoms with Crippen molar-refractivity contribution >= 4 is 10.9 Å². The summed E-state index contributed by atoms with van der Waals surface area (Å²) in [6.07, 6.45) is 6.32. The summed E-state index contributed by atoms with van der Waals surface area (Å²) in [6.45, 7) is 4.33. The van der Waals surface area contributed by atoms with E-state index in [4.69, 9.17) is 0 Å². The number of rotatable bonds is 4. The first-order valence-electron chi connectivity index (χ1n) is 11.1. The molecule has 1 unspecified atom stereocenters. The Bertz CT molecular complexity index is 1190. The molecule has 2 heterocycles. The lowest BCUT2D eigenvalue weighted by Crippen LogP contribution is -2.19. The number of aromatic nitrogens is 4. The van der Waals surface area contributed by atoms with Gasteiger partial charge in [0.05, 0.1) is 5.52 Å². The minimum absolute atomic E-state index is 0.196. The number of hydrogen-bond acceptors (Lipinski definition) is 3. The number of hydrogen-bond donors (Lipinski definition) is 1. The number of nitrogens with zero attached hydrogens (tertiary/aromatic N) is 3. The van der Waals surface area contributed by atoms with Crippen molar-refractivity contribution in [3.05, 3.63) is 77.5 Å². The topological polar surface area (TPSA) is 54.5 Å². The fraction of sp³-hybridized carbons (Fsp3) is 0.346. The lowest BCUT2D eigenvalue weighted by Gasteiger charge is -2.32. The first kappa shape index (κ1) is 19.9. The monoisotopic (exact) mass is 414 g/mol. The van der Waals surface area contributed by atoms with Crippen LogP contribution in [0.3, 0.4) is 0 Å². The molecule has 2 aromatic carbocycles. The van der Waals surface area contributed by atoms with Crippen molar-refractivity contribution in [3.63, 3.8) is 0 Å². The predicted molar refractivity (Wildman–Crippen MR) is 121 cm³/mol. The van der Waals surface area contributed by atoms with Crippen LogP contribution in [-0.2, 0) is 0 Å². The van der Waals surface area contributed by atoms with E-state index in [1.165, 1.54) is 17.2 Å². The summed E-state index contributed by atoms with van der Waals surface area (Å²) >= 11 is 0. The van der Waals surface area contributed by atoms with Gasteiger partial charge in [-0.15, -0.1) is 10.2 Å². The van der Waals surface area contributed by atoms with Crippen molar-refractivity contribution in [2.24, 2.45) is 5.92 Å². The van der Waals surface area contributed by atoms with Gasteiger partial charge in [0, 0.05) is 23.1 Å². The summed E-state index contributed by atoms with van der Waals surface area (Å²) in [5, 5.41) is 9.81. The largest absolute Gasteiger partial charge is 0.325 e. The lowest BCUT2D eigenvalue weighted by molar-refractivity contribution is 0.286. The molecule has 1 atom stereocenters. The molecule has 31 heavy (non-hydrogen) atoms.